The molecule has 78 valence electrons. The molecule has 1 rings (SSSR count). The van der Waals surface area contributed by atoms with E-state index in [1.807, 2.05) is 31.3 Å². The van der Waals surface area contributed by atoms with E-state index in [2.05, 4.69) is 0 Å². The van der Waals surface area contributed by atoms with Crippen molar-refractivity contribution in [2.75, 3.05) is 14.1 Å². The van der Waals surface area contributed by atoms with Crippen LogP contribution in [0.25, 0.3) is 0 Å². The number of nitrogens with two attached hydrogens (primary N) is 1. The van der Waals surface area contributed by atoms with Crippen LogP contribution in [0.4, 0.5) is 0 Å². The second-order valence-corrected chi connectivity index (χ2v) is 3.40. The third-order valence-corrected chi connectivity index (χ3v) is 1.86. The van der Waals surface area contributed by atoms with Gasteiger partial charge in [-0.2, -0.15) is 0 Å². The highest BCUT2D eigenvalue weighted by atomic mass is 16.4. The number of carbonyl (C=O) groups excluding carboxylic acids is 1. The summed E-state index contributed by atoms with van der Waals surface area (Å²) in [5.74, 6) is 5.59. The Labute approximate surface area is 82.8 Å². The molecule has 0 atom stereocenters. The Kier molecular flexibility index (Phi) is 3.27. The number of nitrogens with one attached hydrogen (secondary N) is 1. The molecule has 0 aromatic carbocycles. The van der Waals surface area contributed by atoms with Gasteiger partial charge in [0, 0.05) is 12.1 Å². The number of carbonyl (C=O) groups is 1. The normalized spacial score (nSPS) is 10.6. The molecule has 0 saturated carbocycles. The molecule has 1 aromatic heterocycles. The van der Waals surface area contributed by atoms with Crippen molar-refractivity contribution in [3.63, 3.8) is 0 Å². The number of nitrogens with zero attached hydrogens (tertiary/aromatic N) is 1. The molecule has 0 fully saturated rings. The molecular formula is C9H15N3O2. The second-order valence-electron chi connectivity index (χ2n) is 3.40. The third kappa shape index (κ3) is 2.34. The van der Waals surface area contributed by atoms with Crippen molar-refractivity contribution in [1.29, 1.82) is 0 Å². The van der Waals surface area contributed by atoms with Gasteiger partial charge in [-0.3, -0.25) is 10.2 Å². The zero-order valence-corrected chi connectivity index (χ0v) is 8.63. The molecule has 5 heteroatoms. The van der Waals surface area contributed by atoms with Gasteiger partial charge in [0.15, 0.2) is 5.76 Å². The molecule has 3 N–H and O–H groups in total. The van der Waals surface area contributed by atoms with Crippen LogP contribution in [-0.4, -0.2) is 24.9 Å². The lowest BCUT2D eigenvalue weighted by Crippen LogP contribution is -2.29. The summed E-state index contributed by atoms with van der Waals surface area (Å²) >= 11 is 0. The molecule has 14 heavy (non-hydrogen) atoms. The Hall–Kier alpha value is -1.33. The SMILES string of the molecule is Cc1oc(C(=O)NN)cc1CN(C)C. The van der Waals surface area contributed by atoms with Crippen LogP contribution in [0.2, 0.25) is 0 Å². The van der Waals surface area contributed by atoms with E-state index in [0.29, 0.717) is 0 Å². The minimum absolute atomic E-state index is 0.252. The molecule has 0 spiro atoms. The Bertz CT molecular complexity index is 331. The van der Waals surface area contributed by atoms with Crippen molar-refractivity contribution in [2.24, 2.45) is 5.84 Å². The molecule has 0 aliphatic carbocycles. The van der Waals surface area contributed by atoms with E-state index in [4.69, 9.17) is 10.3 Å². The van der Waals surface area contributed by atoms with Crippen LogP contribution in [0, 0.1) is 6.92 Å². The van der Waals surface area contributed by atoms with E-state index in [1.54, 1.807) is 6.07 Å². The average Bonchev–Trinajstić information content (AvgIpc) is 2.46. The average molecular weight is 197 g/mol. The zero-order valence-electron chi connectivity index (χ0n) is 8.63. The van der Waals surface area contributed by atoms with Gasteiger partial charge in [-0.25, -0.2) is 5.84 Å². The highest BCUT2D eigenvalue weighted by molar-refractivity contribution is 5.91. The largest absolute Gasteiger partial charge is 0.456 e. The van der Waals surface area contributed by atoms with Crippen molar-refractivity contribution in [1.82, 2.24) is 10.3 Å². The van der Waals surface area contributed by atoms with Crippen LogP contribution in [0.5, 0.6) is 0 Å². The first-order valence-electron chi connectivity index (χ1n) is 4.29. The van der Waals surface area contributed by atoms with Gasteiger partial charge in [0.1, 0.15) is 5.76 Å². The van der Waals surface area contributed by atoms with Gasteiger partial charge in [0.25, 0.3) is 0 Å². The lowest BCUT2D eigenvalue weighted by atomic mass is 10.2. The van der Waals surface area contributed by atoms with Crippen molar-refractivity contribution in [3.05, 3.63) is 23.2 Å². The summed E-state index contributed by atoms with van der Waals surface area (Å²) in [6, 6.07) is 1.71. The van der Waals surface area contributed by atoms with Crippen molar-refractivity contribution in [3.8, 4) is 0 Å². The highest BCUT2D eigenvalue weighted by Crippen LogP contribution is 2.15. The number of hydrogen-bond acceptors (Lipinski definition) is 4. The van der Waals surface area contributed by atoms with Crippen LogP contribution in [0.15, 0.2) is 10.5 Å². The van der Waals surface area contributed by atoms with Gasteiger partial charge >= 0.3 is 5.91 Å². The minimum atomic E-state index is -0.405. The molecule has 0 saturated heterocycles. The summed E-state index contributed by atoms with van der Waals surface area (Å²) in [6.45, 7) is 2.57. The monoisotopic (exact) mass is 197 g/mol. The standard InChI is InChI=1S/C9H15N3O2/c1-6-7(5-12(2)3)4-8(14-6)9(13)11-10/h4H,5,10H2,1-3H3,(H,11,13). The number of amides is 1. The lowest BCUT2D eigenvalue weighted by Gasteiger charge is -2.06. The van der Waals surface area contributed by atoms with E-state index in [-0.39, 0.29) is 5.76 Å². The number of rotatable bonds is 3. The molecule has 0 aliphatic rings. The fourth-order valence-electron chi connectivity index (χ4n) is 1.20. The fourth-order valence-corrected chi connectivity index (χ4v) is 1.20. The van der Waals surface area contributed by atoms with E-state index in [0.717, 1.165) is 17.9 Å². The van der Waals surface area contributed by atoms with Crippen LogP contribution in [0.3, 0.4) is 0 Å². The summed E-state index contributed by atoms with van der Waals surface area (Å²) < 4.78 is 5.25. The first-order chi connectivity index (χ1) is 6.54. The molecule has 0 unspecified atom stereocenters. The maximum atomic E-state index is 11.1. The molecular weight excluding hydrogens is 182 g/mol. The first kappa shape index (κ1) is 10.7. The number of aryl methyl sites for hydroxylation is 1. The van der Waals surface area contributed by atoms with Gasteiger partial charge in [0.2, 0.25) is 0 Å². The van der Waals surface area contributed by atoms with Crippen molar-refractivity contribution >= 4 is 5.91 Å². The van der Waals surface area contributed by atoms with Gasteiger partial charge in [-0.15, -0.1) is 0 Å². The number of nitrogen functional groups attached to an aromatic ring is 1. The molecule has 1 heterocycles. The molecule has 0 bridgehead atoms. The predicted octanol–water partition coefficient (Wildman–Crippen LogP) is 0.253. The maximum Gasteiger partial charge on any atom is 0.300 e. The second kappa shape index (κ2) is 4.26. The van der Waals surface area contributed by atoms with Crippen molar-refractivity contribution < 1.29 is 9.21 Å². The number of furan rings is 1. The Balaban J connectivity index is 2.87. The summed E-state index contributed by atoms with van der Waals surface area (Å²) in [7, 11) is 3.91. The summed E-state index contributed by atoms with van der Waals surface area (Å²) in [5, 5.41) is 0. The Morgan fingerprint density at radius 2 is 2.29 bits per heavy atom. The lowest BCUT2D eigenvalue weighted by molar-refractivity contribution is 0.0924. The van der Waals surface area contributed by atoms with Crippen LogP contribution >= 0.6 is 0 Å². The maximum absolute atomic E-state index is 11.1. The number of hydrazine groups is 1. The molecule has 1 aromatic rings. The van der Waals surface area contributed by atoms with E-state index >= 15 is 0 Å². The van der Waals surface area contributed by atoms with Gasteiger partial charge < -0.3 is 9.32 Å². The predicted molar refractivity (Wildman–Crippen MR) is 52.5 cm³/mol. The molecule has 0 aliphatic heterocycles. The summed E-state index contributed by atoms with van der Waals surface area (Å²) in [5.41, 5.74) is 3.02. The number of hydrogen-bond donors (Lipinski definition) is 2. The Morgan fingerprint density at radius 3 is 2.79 bits per heavy atom. The van der Waals surface area contributed by atoms with E-state index in [9.17, 15) is 4.79 Å². The summed E-state index contributed by atoms with van der Waals surface area (Å²) in [6.07, 6.45) is 0. The molecule has 5 nitrogen and oxygen atoms in total. The van der Waals surface area contributed by atoms with Crippen LogP contribution in [0.1, 0.15) is 21.9 Å². The smallest absolute Gasteiger partial charge is 0.300 e. The minimum Gasteiger partial charge on any atom is -0.456 e. The van der Waals surface area contributed by atoms with Crippen LogP contribution < -0.4 is 11.3 Å². The molecule has 1 amide bonds. The third-order valence-electron chi connectivity index (χ3n) is 1.86. The van der Waals surface area contributed by atoms with E-state index in [1.165, 1.54) is 0 Å². The van der Waals surface area contributed by atoms with Gasteiger partial charge in [-0.1, -0.05) is 0 Å². The zero-order chi connectivity index (χ0) is 10.7. The quantitative estimate of drug-likeness (QED) is 0.414. The first-order valence-corrected chi connectivity index (χ1v) is 4.29. The topological polar surface area (TPSA) is 71.5 Å². The van der Waals surface area contributed by atoms with Crippen molar-refractivity contribution in [2.45, 2.75) is 13.5 Å². The highest BCUT2D eigenvalue weighted by Gasteiger charge is 2.13. The van der Waals surface area contributed by atoms with Crippen LogP contribution in [-0.2, 0) is 6.54 Å². The van der Waals surface area contributed by atoms with Gasteiger partial charge in [-0.05, 0) is 27.1 Å². The fraction of sp³-hybridized carbons (Fsp3) is 0.444. The molecule has 0 radical (unpaired) electrons. The summed E-state index contributed by atoms with van der Waals surface area (Å²) in [4.78, 5) is 13.1. The Morgan fingerprint density at radius 1 is 1.64 bits per heavy atom. The van der Waals surface area contributed by atoms with E-state index < -0.39 is 5.91 Å². The van der Waals surface area contributed by atoms with Gasteiger partial charge in [0.05, 0.1) is 0 Å².